The topological polar surface area (TPSA) is 75.4 Å². The van der Waals surface area contributed by atoms with E-state index in [1.54, 1.807) is 0 Å². The summed E-state index contributed by atoms with van der Waals surface area (Å²) in [5, 5.41) is 16.0. The Morgan fingerprint density at radius 3 is 2.68 bits per heavy atom. The molecule has 1 heterocycles. The number of aryl methyl sites for hydroxylation is 1. The van der Waals surface area contributed by atoms with Crippen LogP contribution in [0.1, 0.15) is 22.6 Å². The fraction of sp³-hybridized carbons (Fsp3) is 0.286. The van der Waals surface area contributed by atoms with E-state index < -0.39 is 5.97 Å². The van der Waals surface area contributed by atoms with Crippen LogP contribution < -0.4 is 5.32 Å². The monoisotopic (exact) mass is 260 g/mol. The maximum atomic E-state index is 10.8. The van der Waals surface area contributed by atoms with E-state index in [0.29, 0.717) is 13.1 Å². The van der Waals surface area contributed by atoms with Crippen LogP contribution in [0.5, 0.6) is 0 Å². The highest BCUT2D eigenvalue weighted by molar-refractivity contribution is 5.70. The summed E-state index contributed by atoms with van der Waals surface area (Å²) in [6, 6.07) is 9.40. The molecule has 0 atom stereocenters. The molecule has 0 aliphatic rings. The number of rotatable bonds is 6. The third-order valence-electron chi connectivity index (χ3n) is 2.76. The summed E-state index contributed by atoms with van der Waals surface area (Å²) in [5.74, 6) is -0.0392. The molecule has 1 aromatic heterocycles. The van der Waals surface area contributed by atoms with Crippen LogP contribution in [-0.4, -0.2) is 16.2 Å². The zero-order chi connectivity index (χ0) is 13.7. The zero-order valence-corrected chi connectivity index (χ0v) is 10.7. The van der Waals surface area contributed by atoms with E-state index in [9.17, 15) is 4.79 Å². The van der Waals surface area contributed by atoms with Crippen LogP contribution in [-0.2, 0) is 24.3 Å². The van der Waals surface area contributed by atoms with Gasteiger partial charge in [0, 0.05) is 19.2 Å². The number of carboxylic acids is 1. The molecule has 0 aliphatic carbocycles. The zero-order valence-electron chi connectivity index (χ0n) is 10.7. The molecule has 5 nitrogen and oxygen atoms in total. The molecule has 0 saturated carbocycles. The third-order valence-corrected chi connectivity index (χ3v) is 2.76. The summed E-state index contributed by atoms with van der Waals surface area (Å²) in [4.78, 5) is 10.8. The lowest BCUT2D eigenvalue weighted by molar-refractivity contribution is -0.136. The average molecular weight is 260 g/mol. The third kappa shape index (κ3) is 3.93. The smallest absolute Gasteiger partial charge is 0.307 e. The van der Waals surface area contributed by atoms with E-state index in [0.717, 1.165) is 22.6 Å². The van der Waals surface area contributed by atoms with Gasteiger partial charge in [-0.05, 0) is 18.1 Å². The van der Waals surface area contributed by atoms with E-state index >= 15 is 0 Å². The second kappa shape index (κ2) is 6.15. The minimum Gasteiger partial charge on any atom is -0.481 e. The maximum Gasteiger partial charge on any atom is 0.307 e. The first-order chi connectivity index (χ1) is 9.15. The summed E-state index contributed by atoms with van der Waals surface area (Å²) in [5.41, 5.74) is 2.66. The molecule has 0 amide bonds. The molecule has 19 heavy (non-hydrogen) atoms. The van der Waals surface area contributed by atoms with Crippen LogP contribution in [0.25, 0.3) is 0 Å². The van der Waals surface area contributed by atoms with Gasteiger partial charge in [-0.3, -0.25) is 4.79 Å². The number of carbonyl (C=O) groups is 1. The van der Waals surface area contributed by atoms with Crippen molar-refractivity contribution in [3.8, 4) is 0 Å². The van der Waals surface area contributed by atoms with Gasteiger partial charge in [-0.15, -0.1) is 0 Å². The average Bonchev–Trinajstić information content (AvgIpc) is 2.77. The molecule has 0 spiro atoms. The second-order valence-corrected chi connectivity index (χ2v) is 4.37. The first kappa shape index (κ1) is 13.3. The Kier molecular flexibility index (Phi) is 4.30. The minimum atomic E-state index is -0.820. The lowest BCUT2D eigenvalue weighted by atomic mass is 10.0. The summed E-state index contributed by atoms with van der Waals surface area (Å²) in [6.07, 6.45) is 0.0426. The van der Waals surface area contributed by atoms with E-state index in [4.69, 9.17) is 9.63 Å². The molecule has 0 unspecified atom stereocenters. The molecule has 0 fully saturated rings. The van der Waals surface area contributed by atoms with Crippen molar-refractivity contribution in [2.24, 2.45) is 0 Å². The number of nitrogens with one attached hydrogen (secondary N) is 1. The van der Waals surface area contributed by atoms with Gasteiger partial charge in [-0.2, -0.15) is 0 Å². The number of hydrogen-bond acceptors (Lipinski definition) is 4. The Bertz CT molecular complexity index is 563. The fourth-order valence-electron chi connectivity index (χ4n) is 1.89. The van der Waals surface area contributed by atoms with Crippen LogP contribution in [0.4, 0.5) is 0 Å². The molecular weight excluding hydrogens is 244 g/mol. The van der Waals surface area contributed by atoms with Crippen molar-refractivity contribution in [3.63, 3.8) is 0 Å². The molecule has 2 rings (SSSR count). The highest BCUT2D eigenvalue weighted by Gasteiger charge is 2.06. The number of nitrogens with zero attached hydrogens (tertiary/aromatic N) is 1. The first-order valence-electron chi connectivity index (χ1n) is 6.06. The van der Waals surface area contributed by atoms with Gasteiger partial charge in [-0.1, -0.05) is 29.4 Å². The first-order valence-corrected chi connectivity index (χ1v) is 6.06. The van der Waals surface area contributed by atoms with E-state index in [2.05, 4.69) is 10.5 Å². The van der Waals surface area contributed by atoms with Gasteiger partial charge in [0.05, 0.1) is 12.1 Å². The molecule has 1 aromatic carbocycles. The SMILES string of the molecule is Cc1cc(CNCc2ccccc2CC(=O)O)no1. The number of benzene rings is 1. The summed E-state index contributed by atoms with van der Waals surface area (Å²) in [7, 11) is 0. The van der Waals surface area contributed by atoms with Gasteiger partial charge in [0.25, 0.3) is 0 Å². The van der Waals surface area contributed by atoms with Crippen LogP contribution in [0.15, 0.2) is 34.9 Å². The predicted molar refractivity (Wildman–Crippen MR) is 69.6 cm³/mol. The van der Waals surface area contributed by atoms with Crippen molar-refractivity contribution in [2.45, 2.75) is 26.4 Å². The van der Waals surface area contributed by atoms with Crippen LogP contribution in [0.3, 0.4) is 0 Å². The van der Waals surface area contributed by atoms with Gasteiger partial charge in [0.1, 0.15) is 5.76 Å². The Hall–Kier alpha value is -2.14. The largest absolute Gasteiger partial charge is 0.481 e. The molecule has 0 radical (unpaired) electrons. The molecule has 100 valence electrons. The fourth-order valence-corrected chi connectivity index (χ4v) is 1.89. The molecule has 0 aliphatic heterocycles. The normalized spacial score (nSPS) is 10.6. The quantitative estimate of drug-likeness (QED) is 0.829. The van der Waals surface area contributed by atoms with E-state index in [1.807, 2.05) is 37.3 Å². The van der Waals surface area contributed by atoms with Crippen molar-refractivity contribution < 1.29 is 14.4 Å². The Morgan fingerprint density at radius 2 is 2.05 bits per heavy atom. The maximum absolute atomic E-state index is 10.8. The number of aromatic nitrogens is 1. The number of aliphatic carboxylic acids is 1. The molecule has 0 saturated heterocycles. The molecule has 0 bridgehead atoms. The lowest BCUT2D eigenvalue weighted by Gasteiger charge is -2.08. The number of carboxylic acid groups (broad SMARTS) is 1. The lowest BCUT2D eigenvalue weighted by Crippen LogP contribution is -2.15. The van der Waals surface area contributed by atoms with Crippen LogP contribution in [0, 0.1) is 6.92 Å². The van der Waals surface area contributed by atoms with Crippen molar-refractivity contribution in [2.75, 3.05) is 0 Å². The van der Waals surface area contributed by atoms with E-state index in [-0.39, 0.29) is 6.42 Å². The van der Waals surface area contributed by atoms with Gasteiger partial charge in [-0.25, -0.2) is 0 Å². The Morgan fingerprint density at radius 1 is 1.32 bits per heavy atom. The van der Waals surface area contributed by atoms with Crippen LogP contribution in [0.2, 0.25) is 0 Å². The van der Waals surface area contributed by atoms with Crippen molar-refractivity contribution in [1.82, 2.24) is 10.5 Å². The predicted octanol–water partition coefficient (Wildman–Crippen LogP) is 1.90. The van der Waals surface area contributed by atoms with Crippen LogP contribution >= 0.6 is 0 Å². The highest BCUT2D eigenvalue weighted by Crippen LogP contribution is 2.10. The van der Waals surface area contributed by atoms with Crippen molar-refractivity contribution in [1.29, 1.82) is 0 Å². The van der Waals surface area contributed by atoms with Crippen molar-refractivity contribution >= 4 is 5.97 Å². The van der Waals surface area contributed by atoms with E-state index in [1.165, 1.54) is 0 Å². The van der Waals surface area contributed by atoms with Gasteiger partial charge < -0.3 is 14.9 Å². The van der Waals surface area contributed by atoms with Crippen molar-refractivity contribution in [3.05, 3.63) is 52.9 Å². The second-order valence-electron chi connectivity index (χ2n) is 4.37. The standard InChI is InChI=1S/C14H16N2O3/c1-10-6-13(16-19-10)9-15-8-12-5-3-2-4-11(12)7-14(17)18/h2-6,15H,7-9H2,1H3,(H,17,18). The van der Waals surface area contributed by atoms with Gasteiger partial charge in [0.2, 0.25) is 0 Å². The minimum absolute atomic E-state index is 0.0426. The molecule has 2 aromatic rings. The molecule has 5 heteroatoms. The number of hydrogen-bond donors (Lipinski definition) is 2. The van der Waals surface area contributed by atoms with Gasteiger partial charge >= 0.3 is 5.97 Å². The van der Waals surface area contributed by atoms with Gasteiger partial charge in [0.15, 0.2) is 0 Å². The summed E-state index contributed by atoms with van der Waals surface area (Å²) in [6.45, 7) is 3.05. The Labute approximate surface area is 111 Å². The summed E-state index contributed by atoms with van der Waals surface area (Å²) < 4.78 is 4.98. The molecule has 2 N–H and O–H groups in total. The summed E-state index contributed by atoms with van der Waals surface area (Å²) >= 11 is 0. The molecular formula is C14H16N2O3. The highest BCUT2D eigenvalue weighted by atomic mass is 16.5. The Balaban J connectivity index is 1.93.